The molecule has 0 unspecified atom stereocenters. The third-order valence-electron chi connectivity index (χ3n) is 2.91. The zero-order valence-corrected chi connectivity index (χ0v) is 15.1. The fraction of sp³-hybridized carbons (Fsp3) is 0.438. The number of nitrogens with one attached hydrogen (secondary N) is 2. The Morgan fingerprint density at radius 1 is 1.12 bits per heavy atom. The van der Waals surface area contributed by atoms with Crippen LogP contribution in [0.1, 0.15) is 24.2 Å². The molecule has 25 heavy (non-hydrogen) atoms. The third kappa shape index (κ3) is 6.50. The van der Waals surface area contributed by atoms with Gasteiger partial charge < -0.3 is 24.8 Å². The fourth-order valence-electron chi connectivity index (χ4n) is 1.83. The molecule has 0 atom stereocenters. The van der Waals surface area contributed by atoms with E-state index < -0.39 is 18.5 Å². The SMILES string of the molecule is CCNC(=O)CNC(=O)COC(=O)c1cc(Cl)c(OCC)c(OC)c1. The first-order valence-corrected chi connectivity index (χ1v) is 8.01. The molecular weight excluding hydrogens is 352 g/mol. The topological polar surface area (TPSA) is 103 Å². The van der Waals surface area contributed by atoms with Crippen LogP contribution in [0.25, 0.3) is 0 Å². The molecule has 9 heteroatoms. The maximum atomic E-state index is 12.0. The summed E-state index contributed by atoms with van der Waals surface area (Å²) in [7, 11) is 1.41. The monoisotopic (exact) mass is 372 g/mol. The number of rotatable bonds is 9. The van der Waals surface area contributed by atoms with Gasteiger partial charge in [0.15, 0.2) is 18.1 Å². The molecule has 0 saturated carbocycles. The quantitative estimate of drug-likeness (QED) is 0.630. The molecule has 1 rings (SSSR count). The predicted molar refractivity (Wildman–Crippen MR) is 91.1 cm³/mol. The van der Waals surface area contributed by atoms with E-state index in [1.165, 1.54) is 19.2 Å². The molecule has 0 saturated heterocycles. The highest BCUT2D eigenvalue weighted by molar-refractivity contribution is 6.32. The summed E-state index contributed by atoms with van der Waals surface area (Å²) in [4.78, 5) is 34.8. The molecule has 8 nitrogen and oxygen atoms in total. The summed E-state index contributed by atoms with van der Waals surface area (Å²) in [6, 6.07) is 2.77. The van der Waals surface area contributed by atoms with Gasteiger partial charge in [0.1, 0.15) is 0 Å². The van der Waals surface area contributed by atoms with E-state index in [2.05, 4.69) is 10.6 Å². The predicted octanol–water partition coefficient (Wildman–Crippen LogP) is 1.16. The highest BCUT2D eigenvalue weighted by atomic mass is 35.5. The van der Waals surface area contributed by atoms with Gasteiger partial charge in [0.2, 0.25) is 5.91 Å². The number of methoxy groups -OCH3 is 1. The van der Waals surface area contributed by atoms with Gasteiger partial charge in [-0.3, -0.25) is 9.59 Å². The Labute approximate surface area is 150 Å². The van der Waals surface area contributed by atoms with Crippen LogP contribution < -0.4 is 20.1 Å². The van der Waals surface area contributed by atoms with Gasteiger partial charge >= 0.3 is 5.97 Å². The molecule has 0 radical (unpaired) electrons. The van der Waals surface area contributed by atoms with Gasteiger partial charge in [-0.05, 0) is 26.0 Å². The van der Waals surface area contributed by atoms with E-state index in [0.29, 0.717) is 18.9 Å². The Kier molecular flexibility index (Phi) is 8.55. The number of likely N-dealkylation sites (N-methyl/N-ethyl adjacent to an activating group) is 1. The van der Waals surface area contributed by atoms with Crippen LogP contribution in [-0.2, 0) is 14.3 Å². The van der Waals surface area contributed by atoms with Crippen molar-refractivity contribution in [2.75, 3.05) is 33.4 Å². The fourth-order valence-corrected chi connectivity index (χ4v) is 2.09. The van der Waals surface area contributed by atoms with Crippen molar-refractivity contribution in [1.82, 2.24) is 10.6 Å². The number of hydrogen-bond acceptors (Lipinski definition) is 6. The highest BCUT2D eigenvalue weighted by Gasteiger charge is 2.17. The lowest BCUT2D eigenvalue weighted by Crippen LogP contribution is -2.38. The van der Waals surface area contributed by atoms with Crippen LogP contribution in [-0.4, -0.2) is 51.2 Å². The van der Waals surface area contributed by atoms with E-state index in [0.717, 1.165) is 0 Å². The number of carbonyl (C=O) groups is 3. The molecule has 0 aliphatic carbocycles. The average Bonchev–Trinajstić information content (AvgIpc) is 2.59. The van der Waals surface area contributed by atoms with E-state index in [1.807, 2.05) is 0 Å². The first-order valence-electron chi connectivity index (χ1n) is 7.63. The smallest absolute Gasteiger partial charge is 0.338 e. The van der Waals surface area contributed by atoms with Crippen molar-refractivity contribution >= 4 is 29.4 Å². The number of esters is 1. The molecular formula is C16H21ClN2O6. The number of amides is 2. The van der Waals surface area contributed by atoms with Crippen LogP contribution in [0.5, 0.6) is 11.5 Å². The van der Waals surface area contributed by atoms with E-state index in [-0.39, 0.29) is 28.8 Å². The van der Waals surface area contributed by atoms with Crippen molar-refractivity contribution < 1.29 is 28.6 Å². The van der Waals surface area contributed by atoms with Crippen LogP contribution in [0.2, 0.25) is 5.02 Å². The molecule has 0 spiro atoms. The van der Waals surface area contributed by atoms with Gasteiger partial charge in [-0.25, -0.2) is 4.79 Å². The molecule has 0 heterocycles. The number of ether oxygens (including phenoxy) is 3. The van der Waals surface area contributed by atoms with Crippen molar-refractivity contribution in [2.45, 2.75) is 13.8 Å². The summed E-state index contributed by atoms with van der Waals surface area (Å²) < 4.78 is 15.4. The summed E-state index contributed by atoms with van der Waals surface area (Å²) in [5, 5.41) is 5.05. The van der Waals surface area contributed by atoms with Crippen LogP contribution in [0.15, 0.2) is 12.1 Å². The van der Waals surface area contributed by atoms with Crippen molar-refractivity contribution in [1.29, 1.82) is 0 Å². The molecule has 0 aliphatic rings. The molecule has 2 N–H and O–H groups in total. The summed E-state index contributed by atoms with van der Waals surface area (Å²) >= 11 is 6.08. The normalized spacial score (nSPS) is 9.92. The number of carbonyl (C=O) groups excluding carboxylic acids is 3. The molecule has 138 valence electrons. The lowest BCUT2D eigenvalue weighted by molar-refractivity contribution is -0.127. The summed E-state index contributed by atoms with van der Waals surface area (Å²) in [6.07, 6.45) is 0. The molecule has 1 aromatic rings. The molecule has 0 aliphatic heterocycles. The van der Waals surface area contributed by atoms with Crippen molar-refractivity contribution in [2.24, 2.45) is 0 Å². The summed E-state index contributed by atoms with van der Waals surface area (Å²) in [5.41, 5.74) is 0.113. The maximum absolute atomic E-state index is 12.0. The van der Waals surface area contributed by atoms with Gasteiger partial charge in [-0.15, -0.1) is 0 Å². The van der Waals surface area contributed by atoms with Gasteiger partial charge in [0, 0.05) is 6.54 Å². The largest absolute Gasteiger partial charge is 0.493 e. The molecule has 0 fully saturated rings. The standard InChI is InChI=1S/C16H21ClN2O6/c1-4-18-13(20)8-19-14(21)9-25-16(22)10-6-11(17)15(24-5-2)12(7-10)23-3/h6-7H,4-5,8-9H2,1-3H3,(H,18,20)(H,19,21). The summed E-state index contributed by atoms with van der Waals surface area (Å²) in [6.45, 7) is 3.68. The Morgan fingerprint density at radius 3 is 2.44 bits per heavy atom. The Balaban J connectivity index is 2.64. The first-order chi connectivity index (χ1) is 11.9. The minimum atomic E-state index is -0.753. The lowest BCUT2D eigenvalue weighted by Gasteiger charge is -2.13. The van der Waals surface area contributed by atoms with E-state index in [4.69, 9.17) is 25.8 Å². The van der Waals surface area contributed by atoms with Gasteiger partial charge in [-0.1, -0.05) is 11.6 Å². The zero-order chi connectivity index (χ0) is 18.8. The molecule has 1 aromatic carbocycles. The van der Waals surface area contributed by atoms with Crippen LogP contribution in [0.3, 0.4) is 0 Å². The zero-order valence-electron chi connectivity index (χ0n) is 14.3. The second kappa shape index (κ2) is 10.4. The Hall–Kier alpha value is -2.48. The van der Waals surface area contributed by atoms with Gasteiger partial charge in [0.25, 0.3) is 5.91 Å². The number of benzene rings is 1. The van der Waals surface area contributed by atoms with E-state index >= 15 is 0 Å². The van der Waals surface area contributed by atoms with Gasteiger partial charge in [0.05, 0.1) is 30.8 Å². The Morgan fingerprint density at radius 2 is 1.84 bits per heavy atom. The van der Waals surface area contributed by atoms with Crippen LogP contribution >= 0.6 is 11.6 Å². The molecule has 0 aromatic heterocycles. The average molecular weight is 373 g/mol. The highest BCUT2D eigenvalue weighted by Crippen LogP contribution is 2.36. The van der Waals surface area contributed by atoms with E-state index in [9.17, 15) is 14.4 Å². The minimum absolute atomic E-state index is 0.113. The van der Waals surface area contributed by atoms with E-state index in [1.54, 1.807) is 13.8 Å². The van der Waals surface area contributed by atoms with Crippen molar-refractivity contribution in [3.63, 3.8) is 0 Å². The van der Waals surface area contributed by atoms with Crippen LogP contribution in [0.4, 0.5) is 0 Å². The number of halogens is 1. The first kappa shape index (κ1) is 20.6. The Bertz CT molecular complexity index is 635. The molecule has 2 amide bonds. The minimum Gasteiger partial charge on any atom is -0.493 e. The van der Waals surface area contributed by atoms with Gasteiger partial charge in [-0.2, -0.15) is 0 Å². The van der Waals surface area contributed by atoms with Crippen molar-refractivity contribution in [3.8, 4) is 11.5 Å². The maximum Gasteiger partial charge on any atom is 0.338 e. The lowest BCUT2D eigenvalue weighted by atomic mass is 10.2. The third-order valence-corrected chi connectivity index (χ3v) is 3.19. The van der Waals surface area contributed by atoms with Crippen LogP contribution in [0, 0.1) is 0 Å². The molecule has 0 bridgehead atoms. The number of hydrogen-bond donors (Lipinski definition) is 2. The second-order valence-corrected chi connectivity index (χ2v) is 5.14. The second-order valence-electron chi connectivity index (χ2n) is 4.73. The van der Waals surface area contributed by atoms with Crippen molar-refractivity contribution in [3.05, 3.63) is 22.7 Å². The summed E-state index contributed by atoms with van der Waals surface area (Å²) in [5.74, 6) is -1.07.